The standard InChI is InChI=1S/C9H12N2O2/c1-7(9(12)13)2-3-8-6-10-4-5-11-8/h4-7H,2-3H2,1H3,(H,12,13). The highest BCUT2D eigenvalue weighted by Crippen LogP contribution is 2.06. The highest BCUT2D eigenvalue weighted by atomic mass is 16.4. The van der Waals surface area contributed by atoms with E-state index in [9.17, 15) is 4.79 Å². The molecule has 13 heavy (non-hydrogen) atoms. The van der Waals surface area contributed by atoms with Crippen molar-refractivity contribution in [1.29, 1.82) is 0 Å². The summed E-state index contributed by atoms with van der Waals surface area (Å²) in [4.78, 5) is 18.4. The average Bonchev–Trinajstić information content (AvgIpc) is 2.15. The van der Waals surface area contributed by atoms with E-state index in [4.69, 9.17) is 5.11 Å². The first-order chi connectivity index (χ1) is 6.20. The number of carboxylic acids is 1. The number of hydrogen-bond donors (Lipinski definition) is 1. The number of nitrogens with zero attached hydrogens (tertiary/aromatic N) is 2. The van der Waals surface area contributed by atoms with Crippen molar-refractivity contribution in [3.05, 3.63) is 24.3 Å². The molecule has 0 bridgehead atoms. The van der Waals surface area contributed by atoms with Crippen LogP contribution in [0.25, 0.3) is 0 Å². The van der Waals surface area contributed by atoms with Gasteiger partial charge in [-0.05, 0) is 12.8 Å². The van der Waals surface area contributed by atoms with Gasteiger partial charge >= 0.3 is 5.97 Å². The Morgan fingerprint density at radius 2 is 2.38 bits per heavy atom. The topological polar surface area (TPSA) is 63.1 Å². The maximum Gasteiger partial charge on any atom is 0.306 e. The van der Waals surface area contributed by atoms with Crippen molar-refractivity contribution in [3.8, 4) is 0 Å². The molecule has 4 heteroatoms. The van der Waals surface area contributed by atoms with Gasteiger partial charge in [0.25, 0.3) is 0 Å². The zero-order valence-corrected chi connectivity index (χ0v) is 7.47. The molecule has 4 nitrogen and oxygen atoms in total. The van der Waals surface area contributed by atoms with E-state index < -0.39 is 5.97 Å². The van der Waals surface area contributed by atoms with Crippen molar-refractivity contribution in [1.82, 2.24) is 9.97 Å². The van der Waals surface area contributed by atoms with Crippen molar-refractivity contribution in [3.63, 3.8) is 0 Å². The lowest BCUT2D eigenvalue weighted by Crippen LogP contribution is -2.10. The summed E-state index contributed by atoms with van der Waals surface area (Å²) in [5, 5.41) is 8.62. The number of carboxylic acid groups (broad SMARTS) is 1. The summed E-state index contributed by atoms with van der Waals surface area (Å²) in [5.41, 5.74) is 0.843. The molecule has 0 aliphatic carbocycles. The maximum atomic E-state index is 10.5. The molecule has 0 fully saturated rings. The Balaban J connectivity index is 2.39. The lowest BCUT2D eigenvalue weighted by molar-refractivity contribution is -0.141. The van der Waals surface area contributed by atoms with Crippen LogP contribution in [0.1, 0.15) is 19.0 Å². The minimum Gasteiger partial charge on any atom is -0.481 e. The molecule has 0 saturated carbocycles. The first-order valence-corrected chi connectivity index (χ1v) is 4.18. The molecule has 0 aromatic carbocycles. The monoisotopic (exact) mass is 180 g/mol. The second-order valence-corrected chi connectivity index (χ2v) is 2.97. The SMILES string of the molecule is CC(CCc1cnccn1)C(=O)O. The van der Waals surface area contributed by atoms with Crippen LogP contribution < -0.4 is 0 Å². The van der Waals surface area contributed by atoms with Gasteiger partial charge in [0, 0.05) is 18.6 Å². The molecular formula is C9H12N2O2. The van der Waals surface area contributed by atoms with Gasteiger partial charge in [-0.3, -0.25) is 14.8 Å². The van der Waals surface area contributed by atoms with Crippen LogP contribution in [0.5, 0.6) is 0 Å². The minimum absolute atomic E-state index is 0.318. The Labute approximate surface area is 76.7 Å². The molecule has 1 N–H and O–H groups in total. The fourth-order valence-corrected chi connectivity index (χ4v) is 0.947. The molecule has 1 aromatic heterocycles. The highest BCUT2D eigenvalue weighted by Gasteiger charge is 2.10. The van der Waals surface area contributed by atoms with Gasteiger partial charge in [0.1, 0.15) is 0 Å². The first-order valence-electron chi connectivity index (χ1n) is 4.18. The molecular weight excluding hydrogens is 168 g/mol. The van der Waals surface area contributed by atoms with Crippen molar-refractivity contribution in [2.45, 2.75) is 19.8 Å². The van der Waals surface area contributed by atoms with E-state index >= 15 is 0 Å². The largest absolute Gasteiger partial charge is 0.481 e. The fraction of sp³-hybridized carbons (Fsp3) is 0.444. The number of aliphatic carboxylic acids is 1. The van der Waals surface area contributed by atoms with E-state index in [0.29, 0.717) is 12.8 Å². The molecule has 1 rings (SSSR count). The number of carbonyl (C=O) groups is 1. The minimum atomic E-state index is -0.760. The lowest BCUT2D eigenvalue weighted by atomic mass is 10.1. The first kappa shape index (κ1) is 9.64. The van der Waals surface area contributed by atoms with Gasteiger partial charge in [-0.25, -0.2) is 0 Å². The quantitative estimate of drug-likeness (QED) is 0.754. The molecule has 0 aliphatic rings. The summed E-state index contributed by atoms with van der Waals surface area (Å²) < 4.78 is 0. The van der Waals surface area contributed by atoms with Crippen LogP contribution in [0.2, 0.25) is 0 Å². The Hall–Kier alpha value is -1.45. The number of aromatic nitrogens is 2. The Kier molecular flexibility index (Phi) is 3.37. The van der Waals surface area contributed by atoms with Gasteiger partial charge in [-0.1, -0.05) is 6.92 Å². The third-order valence-electron chi connectivity index (χ3n) is 1.87. The van der Waals surface area contributed by atoms with Gasteiger partial charge in [-0.2, -0.15) is 0 Å². The number of rotatable bonds is 4. The molecule has 0 saturated heterocycles. The van der Waals surface area contributed by atoms with Gasteiger partial charge in [0.2, 0.25) is 0 Å². The predicted molar refractivity (Wildman–Crippen MR) is 47.2 cm³/mol. The summed E-state index contributed by atoms with van der Waals surface area (Å²) >= 11 is 0. The van der Waals surface area contributed by atoms with Crippen molar-refractivity contribution < 1.29 is 9.90 Å². The van der Waals surface area contributed by atoms with Crippen molar-refractivity contribution in [2.24, 2.45) is 5.92 Å². The Morgan fingerprint density at radius 1 is 1.62 bits per heavy atom. The Morgan fingerprint density at radius 3 is 2.92 bits per heavy atom. The summed E-state index contributed by atoms with van der Waals surface area (Å²) in [5.74, 6) is -1.08. The highest BCUT2D eigenvalue weighted by molar-refractivity contribution is 5.69. The molecule has 0 spiro atoms. The molecule has 0 amide bonds. The van der Waals surface area contributed by atoms with E-state index in [2.05, 4.69) is 9.97 Å². The van der Waals surface area contributed by atoms with Crippen molar-refractivity contribution in [2.75, 3.05) is 0 Å². The van der Waals surface area contributed by atoms with E-state index in [1.807, 2.05) is 0 Å². The second kappa shape index (κ2) is 4.54. The van der Waals surface area contributed by atoms with E-state index in [0.717, 1.165) is 5.69 Å². The van der Waals surface area contributed by atoms with E-state index in [-0.39, 0.29) is 5.92 Å². The fourth-order valence-electron chi connectivity index (χ4n) is 0.947. The van der Waals surface area contributed by atoms with Crippen LogP contribution in [-0.4, -0.2) is 21.0 Å². The normalized spacial score (nSPS) is 12.4. The average molecular weight is 180 g/mol. The van der Waals surface area contributed by atoms with Gasteiger partial charge in [0.15, 0.2) is 0 Å². The van der Waals surface area contributed by atoms with Crippen LogP contribution in [0, 0.1) is 5.92 Å². The number of hydrogen-bond acceptors (Lipinski definition) is 3. The third-order valence-corrected chi connectivity index (χ3v) is 1.87. The molecule has 0 aliphatic heterocycles. The second-order valence-electron chi connectivity index (χ2n) is 2.97. The summed E-state index contributed by atoms with van der Waals surface area (Å²) in [6, 6.07) is 0. The summed E-state index contributed by atoms with van der Waals surface area (Å²) in [7, 11) is 0. The zero-order chi connectivity index (χ0) is 9.68. The maximum absolute atomic E-state index is 10.5. The lowest BCUT2D eigenvalue weighted by Gasteiger charge is -2.04. The molecule has 0 radical (unpaired) electrons. The smallest absolute Gasteiger partial charge is 0.306 e. The molecule has 1 unspecified atom stereocenters. The van der Waals surface area contributed by atoms with Gasteiger partial charge in [-0.15, -0.1) is 0 Å². The van der Waals surface area contributed by atoms with Gasteiger partial charge in [0.05, 0.1) is 11.6 Å². The van der Waals surface area contributed by atoms with Crippen LogP contribution >= 0.6 is 0 Å². The van der Waals surface area contributed by atoms with Gasteiger partial charge < -0.3 is 5.11 Å². The molecule has 1 atom stereocenters. The van der Waals surface area contributed by atoms with E-state index in [1.165, 1.54) is 0 Å². The van der Waals surface area contributed by atoms with Crippen LogP contribution in [0.4, 0.5) is 0 Å². The van der Waals surface area contributed by atoms with E-state index in [1.54, 1.807) is 25.5 Å². The van der Waals surface area contributed by atoms with Crippen LogP contribution in [-0.2, 0) is 11.2 Å². The third kappa shape index (κ3) is 3.19. The number of aryl methyl sites for hydroxylation is 1. The van der Waals surface area contributed by atoms with Crippen molar-refractivity contribution >= 4 is 5.97 Å². The molecule has 70 valence electrons. The van der Waals surface area contributed by atoms with Crippen LogP contribution in [0.3, 0.4) is 0 Å². The predicted octanol–water partition coefficient (Wildman–Crippen LogP) is 1.13. The molecule has 1 heterocycles. The Bertz CT molecular complexity index is 274. The van der Waals surface area contributed by atoms with Crippen LogP contribution in [0.15, 0.2) is 18.6 Å². The summed E-state index contributed by atoms with van der Waals surface area (Å²) in [6.07, 6.45) is 6.15. The zero-order valence-electron chi connectivity index (χ0n) is 7.47. The molecule has 1 aromatic rings. The summed E-state index contributed by atoms with van der Waals surface area (Å²) in [6.45, 7) is 1.69.